The number of hydrogen-bond donors (Lipinski definition) is 1. The molecule has 0 aliphatic rings. The lowest BCUT2D eigenvalue weighted by Crippen LogP contribution is -1.94. The first-order valence-corrected chi connectivity index (χ1v) is 7.08. The molecule has 0 aromatic heterocycles. The van der Waals surface area contributed by atoms with Crippen LogP contribution in [0.1, 0.15) is 16.7 Å². The van der Waals surface area contributed by atoms with Gasteiger partial charge in [0.1, 0.15) is 6.61 Å². The minimum Gasteiger partial charge on any atom is -0.384 e. The van der Waals surface area contributed by atoms with Gasteiger partial charge in [0, 0.05) is 10.0 Å². The first kappa shape index (κ1) is 14.8. The largest absolute Gasteiger partial charge is 0.384 e. The zero-order valence-electron chi connectivity index (χ0n) is 11.0. The first-order valence-electron chi connectivity index (χ1n) is 6.29. The Kier molecular flexibility index (Phi) is 5.82. The Morgan fingerprint density at radius 1 is 0.900 bits per heavy atom. The Hall–Kier alpha value is -1.60. The third-order valence-corrected chi connectivity index (χ3v) is 3.25. The first-order chi connectivity index (χ1) is 9.78. The molecule has 0 radical (unpaired) electrons. The number of halogens is 1. The smallest absolute Gasteiger partial charge is 0.104 e. The van der Waals surface area contributed by atoms with Crippen molar-refractivity contribution in [3.8, 4) is 11.8 Å². The summed E-state index contributed by atoms with van der Waals surface area (Å²) >= 11 is 3.41. The molecule has 0 aliphatic heterocycles. The maximum absolute atomic E-state index is 8.63. The van der Waals surface area contributed by atoms with Gasteiger partial charge in [-0.1, -0.05) is 52.0 Å². The van der Waals surface area contributed by atoms with E-state index in [1.807, 2.05) is 48.5 Å². The lowest BCUT2D eigenvalue weighted by atomic mass is 10.1. The predicted octanol–water partition coefficient (Wildman–Crippen LogP) is 3.51. The second-order valence-corrected chi connectivity index (χ2v) is 5.19. The molecule has 0 fully saturated rings. The van der Waals surface area contributed by atoms with E-state index in [1.165, 1.54) is 0 Å². The lowest BCUT2D eigenvalue weighted by Gasteiger charge is -2.05. The molecule has 102 valence electrons. The zero-order chi connectivity index (χ0) is 14.2. The van der Waals surface area contributed by atoms with Gasteiger partial charge in [0.25, 0.3) is 0 Å². The summed E-state index contributed by atoms with van der Waals surface area (Å²) in [4.78, 5) is 0. The van der Waals surface area contributed by atoms with Gasteiger partial charge < -0.3 is 9.84 Å². The normalized spacial score (nSPS) is 9.90. The van der Waals surface area contributed by atoms with Crippen LogP contribution in [0.15, 0.2) is 53.0 Å². The van der Waals surface area contributed by atoms with Gasteiger partial charge in [-0.25, -0.2) is 0 Å². The highest BCUT2D eigenvalue weighted by Crippen LogP contribution is 2.12. The molecule has 3 heteroatoms. The molecule has 2 aromatic carbocycles. The fraction of sp³-hybridized carbons (Fsp3) is 0.176. The fourth-order valence-electron chi connectivity index (χ4n) is 1.69. The number of benzene rings is 2. The van der Waals surface area contributed by atoms with Crippen molar-refractivity contribution in [1.82, 2.24) is 0 Å². The van der Waals surface area contributed by atoms with Crippen LogP contribution in [0.3, 0.4) is 0 Å². The molecule has 0 aliphatic carbocycles. The van der Waals surface area contributed by atoms with Gasteiger partial charge >= 0.3 is 0 Å². The van der Waals surface area contributed by atoms with E-state index in [2.05, 4.69) is 27.8 Å². The third kappa shape index (κ3) is 4.82. The molecule has 0 atom stereocenters. The highest BCUT2D eigenvalue weighted by atomic mass is 79.9. The minimum atomic E-state index is -0.113. The van der Waals surface area contributed by atoms with E-state index in [1.54, 1.807) is 0 Å². The van der Waals surface area contributed by atoms with E-state index in [4.69, 9.17) is 9.84 Å². The van der Waals surface area contributed by atoms with E-state index in [9.17, 15) is 0 Å². The van der Waals surface area contributed by atoms with Crippen molar-refractivity contribution in [2.45, 2.75) is 13.2 Å². The number of ether oxygens (including phenoxy) is 1. The van der Waals surface area contributed by atoms with E-state index >= 15 is 0 Å². The molecule has 2 rings (SSSR count). The number of rotatable bonds is 4. The summed E-state index contributed by atoms with van der Waals surface area (Å²) in [5, 5.41) is 8.63. The van der Waals surface area contributed by atoms with Crippen molar-refractivity contribution in [3.05, 3.63) is 69.7 Å². The van der Waals surface area contributed by atoms with Gasteiger partial charge in [0.15, 0.2) is 0 Å². The summed E-state index contributed by atoms with van der Waals surface area (Å²) < 4.78 is 6.75. The molecule has 0 unspecified atom stereocenters. The fourth-order valence-corrected chi connectivity index (χ4v) is 1.96. The van der Waals surface area contributed by atoms with Crippen LogP contribution < -0.4 is 0 Å². The van der Waals surface area contributed by atoms with Gasteiger partial charge in [0.05, 0.1) is 13.2 Å². The molecule has 20 heavy (non-hydrogen) atoms. The average Bonchev–Trinajstić information content (AvgIpc) is 2.48. The standard InChI is InChI=1S/C17H15BrO2/c18-17-9-7-16(8-10-17)13-20-12-15-5-3-14(4-6-15)2-1-11-19/h3-10,19H,11-13H2. The summed E-state index contributed by atoms with van der Waals surface area (Å²) in [6, 6.07) is 15.9. The zero-order valence-corrected chi connectivity index (χ0v) is 12.6. The highest BCUT2D eigenvalue weighted by molar-refractivity contribution is 9.10. The summed E-state index contributed by atoms with van der Waals surface area (Å²) in [5.41, 5.74) is 3.16. The van der Waals surface area contributed by atoms with Crippen molar-refractivity contribution >= 4 is 15.9 Å². The number of aliphatic hydroxyl groups excluding tert-OH is 1. The van der Waals surface area contributed by atoms with Crippen LogP contribution in [0.4, 0.5) is 0 Å². The summed E-state index contributed by atoms with van der Waals surface area (Å²) in [6.07, 6.45) is 0. The topological polar surface area (TPSA) is 29.5 Å². The third-order valence-electron chi connectivity index (χ3n) is 2.72. The molecule has 0 saturated heterocycles. The molecule has 0 heterocycles. The van der Waals surface area contributed by atoms with Crippen LogP contribution in [-0.4, -0.2) is 11.7 Å². The number of aliphatic hydroxyl groups is 1. The molecule has 2 aromatic rings. The SMILES string of the molecule is OCC#Cc1ccc(COCc2ccc(Br)cc2)cc1. The predicted molar refractivity (Wildman–Crippen MR) is 83.0 cm³/mol. The Bertz CT molecular complexity index is 592. The van der Waals surface area contributed by atoms with Crippen LogP contribution in [-0.2, 0) is 18.0 Å². The second kappa shape index (κ2) is 7.86. The van der Waals surface area contributed by atoms with Gasteiger partial charge in [-0.3, -0.25) is 0 Å². The van der Waals surface area contributed by atoms with Crippen LogP contribution in [0, 0.1) is 11.8 Å². The summed E-state index contributed by atoms with van der Waals surface area (Å²) in [6.45, 7) is 1.06. The van der Waals surface area contributed by atoms with E-state index in [0.717, 1.165) is 21.2 Å². The molecular weight excluding hydrogens is 316 g/mol. The van der Waals surface area contributed by atoms with E-state index in [0.29, 0.717) is 13.2 Å². The monoisotopic (exact) mass is 330 g/mol. The van der Waals surface area contributed by atoms with Gasteiger partial charge in [-0.2, -0.15) is 0 Å². The molecule has 0 saturated carbocycles. The van der Waals surface area contributed by atoms with Crippen molar-refractivity contribution in [2.24, 2.45) is 0 Å². The summed E-state index contributed by atoms with van der Waals surface area (Å²) in [5.74, 6) is 5.49. The molecule has 1 N–H and O–H groups in total. The Balaban J connectivity index is 1.83. The Labute approximate surface area is 127 Å². The van der Waals surface area contributed by atoms with Crippen LogP contribution in [0.2, 0.25) is 0 Å². The maximum Gasteiger partial charge on any atom is 0.104 e. The molecule has 0 bridgehead atoms. The molecule has 0 spiro atoms. The second-order valence-electron chi connectivity index (χ2n) is 4.28. The molecular formula is C17H15BrO2. The van der Waals surface area contributed by atoms with Gasteiger partial charge in [-0.15, -0.1) is 0 Å². The van der Waals surface area contributed by atoms with Crippen LogP contribution in [0.25, 0.3) is 0 Å². The molecule has 0 amide bonds. The van der Waals surface area contributed by atoms with Crippen LogP contribution in [0.5, 0.6) is 0 Å². The van der Waals surface area contributed by atoms with E-state index < -0.39 is 0 Å². The lowest BCUT2D eigenvalue weighted by molar-refractivity contribution is 0.107. The van der Waals surface area contributed by atoms with Crippen molar-refractivity contribution in [3.63, 3.8) is 0 Å². The summed E-state index contributed by atoms with van der Waals surface area (Å²) in [7, 11) is 0. The van der Waals surface area contributed by atoms with Crippen molar-refractivity contribution < 1.29 is 9.84 Å². The number of hydrogen-bond acceptors (Lipinski definition) is 2. The Morgan fingerprint density at radius 3 is 2.00 bits per heavy atom. The van der Waals surface area contributed by atoms with Crippen molar-refractivity contribution in [2.75, 3.05) is 6.61 Å². The maximum atomic E-state index is 8.63. The van der Waals surface area contributed by atoms with Crippen molar-refractivity contribution in [1.29, 1.82) is 0 Å². The highest BCUT2D eigenvalue weighted by Gasteiger charge is 1.96. The van der Waals surface area contributed by atoms with E-state index in [-0.39, 0.29) is 6.61 Å². The molecule has 2 nitrogen and oxygen atoms in total. The van der Waals surface area contributed by atoms with Gasteiger partial charge in [-0.05, 0) is 35.4 Å². The average molecular weight is 331 g/mol. The van der Waals surface area contributed by atoms with Crippen LogP contribution >= 0.6 is 15.9 Å². The quantitative estimate of drug-likeness (QED) is 0.869. The Morgan fingerprint density at radius 2 is 1.45 bits per heavy atom. The minimum absolute atomic E-state index is 0.113. The van der Waals surface area contributed by atoms with Gasteiger partial charge in [0.2, 0.25) is 0 Å².